The standard InChI is InChI=1S/C45H68N10O5/c1-49-36(27-31-15-5-2-6-16-31)40(56)52-35(22-11-12-24-46)43(59)54-26-14-23-38(54)41(57)53-37(28-32-17-7-3-8-18-32)44(60)55-30-34(21-13-25-50-45(47)48)51-42(58)39(55)29-33-19-9-4-10-20-33/h2,4-6,9-10,15-16,19-20,32,34-39,49H,3,7-8,11-14,17-18,21-30,46H2,1H3,(H,51,58)(H,52,56)(H,53,57)(H4,47,48,50)/t34-,35+,36+,37+,38+,39+/m1/s1. The molecule has 2 heterocycles. The van der Waals surface area contributed by atoms with Crippen LogP contribution in [0.25, 0.3) is 0 Å². The van der Waals surface area contributed by atoms with Gasteiger partial charge in [-0.15, -0.1) is 0 Å². The molecule has 0 radical (unpaired) electrons. The van der Waals surface area contributed by atoms with E-state index in [0.717, 1.165) is 43.2 Å². The summed E-state index contributed by atoms with van der Waals surface area (Å²) >= 11 is 0. The van der Waals surface area contributed by atoms with Crippen molar-refractivity contribution in [2.75, 3.05) is 33.2 Å². The Balaban J connectivity index is 1.35. The number of aliphatic imine (C=N–C) groups is 1. The van der Waals surface area contributed by atoms with Crippen molar-refractivity contribution in [1.29, 1.82) is 0 Å². The Bertz CT molecular complexity index is 1720. The first-order chi connectivity index (χ1) is 29.1. The number of hydrogen-bond acceptors (Lipinski definition) is 8. The van der Waals surface area contributed by atoms with Crippen molar-refractivity contribution >= 4 is 35.5 Å². The Morgan fingerprint density at radius 2 is 1.50 bits per heavy atom. The van der Waals surface area contributed by atoms with Gasteiger partial charge in [0.1, 0.15) is 24.2 Å². The lowest BCUT2D eigenvalue weighted by Gasteiger charge is -2.42. The lowest BCUT2D eigenvalue weighted by Crippen LogP contribution is -2.65. The maximum Gasteiger partial charge on any atom is 0.245 e. The molecule has 3 fully saturated rings. The molecule has 2 aromatic carbocycles. The highest BCUT2D eigenvalue weighted by atomic mass is 16.2. The van der Waals surface area contributed by atoms with Gasteiger partial charge in [0.05, 0.1) is 6.04 Å². The minimum absolute atomic E-state index is 0.000584. The first-order valence-corrected chi connectivity index (χ1v) is 22.1. The van der Waals surface area contributed by atoms with E-state index in [9.17, 15) is 24.0 Å². The topological polar surface area (TPSA) is 230 Å². The van der Waals surface area contributed by atoms with Crippen LogP contribution >= 0.6 is 0 Å². The number of piperazine rings is 1. The van der Waals surface area contributed by atoms with Crippen LogP contribution in [-0.4, -0.2) is 115 Å². The minimum atomic E-state index is -0.890. The number of carbonyl (C=O) groups is 5. The quantitative estimate of drug-likeness (QED) is 0.0553. The van der Waals surface area contributed by atoms with Gasteiger partial charge in [0, 0.05) is 32.1 Å². The molecule has 60 heavy (non-hydrogen) atoms. The number of nitrogens with two attached hydrogens (primary N) is 3. The summed E-state index contributed by atoms with van der Waals surface area (Å²) in [7, 11) is 1.72. The molecular weight excluding hydrogens is 761 g/mol. The molecule has 0 unspecified atom stereocenters. The number of likely N-dealkylation sites (tertiary alicyclic amines) is 1. The summed E-state index contributed by atoms with van der Waals surface area (Å²) in [4.78, 5) is 78.8. The van der Waals surface area contributed by atoms with Gasteiger partial charge in [0.15, 0.2) is 5.96 Å². The predicted octanol–water partition coefficient (Wildman–Crippen LogP) is 1.87. The molecule has 0 aromatic heterocycles. The first kappa shape index (κ1) is 46.1. The highest BCUT2D eigenvalue weighted by molar-refractivity contribution is 5.96. The van der Waals surface area contributed by atoms with E-state index in [2.05, 4.69) is 26.3 Å². The number of hydrogen-bond donors (Lipinski definition) is 7. The fourth-order valence-corrected chi connectivity index (χ4v) is 8.99. The Kier molecular flexibility index (Phi) is 18.2. The molecule has 6 atom stereocenters. The van der Waals surface area contributed by atoms with Crippen LogP contribution in [0.5, 0.6) is 0 Å². The molecule has 0 spiro atoms. The molecule has 2 saturated heterocycles. The van der Waals surface area contributed by atoms with Crippen molar-refractivity contribution in [2.24, 2.45) is 28.1 Å². The van der Waals surface area contributed by atoms with Crippen LogP contribution < -0.4 is 38.5 Å². The smallest absolute Gasteiger partial charge is 0.245 e. The number of likely N-dealkylation sites (N-methyl/N-ethyl adjacent to an activating group) is 1. The number of unbranched alkanes of at least 4 members (excludes halogenated alkanes) is 1. The van der Waals surface area contributed by atoms with E-state index in [4.69, 9.17) is 17.2 Å². The van der Waals surface area contributed by atoms with E-state index in [1.54, 1.807) is 16.8 Å². The number of guanidine groups is 1. The maximum absolute atomic E-state index is 15.0. The van der Waals surface area contributed by atoms with E-state index < -0.39 is 36.1 Å². The Morgan fingerprint density at radius 3 is 2.17 bits per heavy atom. The highest BCUT2D eigenvalue weighted by Crippen LogP contribution is 2.29. The number of amides is 5. The van der Waals surface area contributed by atoms with Crippen LogP contribution in [0.3, 0.4) is 0 Å². The van der Waals surface area contributed by atoms with E-state index in [-0.39, 0.29) is 48.1 Å². The van der Waals surface area contributed by atoms with Crippen molar-refractivity contribution in [3.05, 3.63) is 71.8 Å². The summed E-state index contributed by atoms with van der Waals surface area (Å²) < 4.78 is 0. The molecule has 3 aliphatic rings. The molecule has 1 saturated carbocycles. The largest absolute Gasteiger partial charge is 0.370 e. The van der Waals surface area contributed by atoms with E-state index in [1.807, 2.05) is 60.7 Å². The van der Waals surface area contributed by atoms with Gasteiger partial charge < -0.3 is 48.3 Å². The maximum atomic E-state index is 15.0. The Labute approximate surface area is 355 Å². The van der Waals surface area contributed by atoms with Gasteiger partial charge in [-0.1, -0.05) is 92.8 Å². The molecule has 328 valence electrons. The van der Waals surface area contributed by atoms with Crippen molar-refractivity contribution in [3.8, 4) is 0 Å². The van der Waals surface area contributed by atoms with Crippen LogP contribution in [0, 0.1) is 5.92 Å². The van der Waals surface area contributed by atoms with Gasteiger partial charge in [-0.25, -0.2) is 0 Å². The van der Waals surface area contributed by atoms with Gasteiger partial charge >= 0.3 is 0 Å². The number of nitrogens with zero attached hydrogens (tertiary/aromatic N) is 3. The molecule has 0 bridgehead atoms. The third-order valence-corrected chi connectivity index (χ3v) is 12.3. The van der Waals surface area contributed by atoms with Gasteiger partial charge in [-0.2, -0.15) is 0 Å². The number of nitrogens with one attached hydrogen (secondary N) is 4. The third-order valence-electron chi connectivity index (χ3n) is 12.3. The fourth-order valence-electron chi connectivity index (χ4n) is 8.99. The summed E-state index contributed by atoms with van der Waals surface area (Å²) in [5.41, 5.74) is 18.8. The molecule has 10 N–H and O–H groups in total. The molecular formula is C45H68N10O5. The van der Waals surface area contributed by atoms with Gasteiger partial charge in [-0.05, 0) is 88.4 Å². The highest BCUT2D eigenvalue weighted by Gasteiger charge is 2.43. The number of carbonyl (C=O) groups excluding carboxylic acids is 5. The SMILES string of the molecule is CN[C@@H](Cc1ccccc1)C(=O)N[C@@H](CCCCN)C(=O)N1CCC[C@H]1C(=O)N[C@@H](CC1CCCCC1)C(=O)N1C[C@@H](CCCN=C(N)N)NC(=O)[C@@H]1Cc1ccccc1. The molecule has 2 aliphatic heterocycles. The van der Waals surface area contributed by atoms with Gasteiger partial charge in [-0.3, -0.25) is 29.0 Å². The minimum Gasteiger partial charge on any atom is -0.370 e. The third kappa shape index (κ3) is 13.5. The second-order valence-electron chi connectivity index (χ2n) is 16.7. The molecule has 1 aliphatic carbocycles. The first-order valence-electron chi connectivity index (χ1n) is 22.1. The zero-order chi connectivity index (χ0) is 42.9. The number of benzene rings is 2. The Hall–Kier alpha value is -5.02. The average Bonchev–Trinajstić information content (AvgIpc) is 3.76. The molecule has 5 amide bonds. The van der Waals surface area contributed by atoms with Crippen molar-refractivity contribution in [2.45, 2.75) is 133 Å². The zero-order valence-electron chi connectivity index (χ0n) is 35.4. The molecule has 15 nitrogen and oxygen atoms in total. The summed E-state index contributed by atoms with van der Waals surface area (Å²) in [5, 5.41) is 12.4. The lowest BCUT2D eigenvalue weighted by molar-refractivity contribution is -0.148. The predicted molar refractivity (Wildman–Crippen MR) is 233 cm³/mol. The normalized spacial score (nSPS) is 21.0. The zero-order valence-corrected chi connectivity index (χ0v) is 35.4. The fraction of sp³-hybridized carbons (Fsp3) is 0.600. The van der Waals surface area contributed by atoms with Crippen molar-refractivity contribution < 1.29 is 24.0 Å². The van der Waals surface area contributed by atoms with Crippen molar-refractivity contribution in [3.63, 3.8) is 0 Å². The summed E-state index contributed by atoms with van der Waals surface area (Å²) in [6.07, 6.45) is 10.3. The summed E-state index contributed by atoms with van der Waals surface area (Å²) in [6.45, 7) is 1.48. The van der Waals surface area contributed by atoms with Crippen molar-refractivity contribution in [1.82, 2.24) is 31.1 Å². The van der Waals surface area contributed by atoms with E-state index in [0.29, 0.717) is 83.8 Å². The van der Waals surface area contributed by atoms with Gasteiger partial charge in [0.2, 0.25) is 29.5 Å². The van der Waals surface area contributed by atoms with Crippen LogP contribution in [0.4, 0.5) is 0 Å². The summed E-state index contributed by atoms with van der Waals surface area (Å²) in [5.74, 6) is -1.31. The van der Waals surface area contributed by atoms with Crippen LogP contribution in [0.2, 0.25) is 0 Å². The second-order valence-corrected chi connectivity index (χ2v) is 16.7. The second kappa shape index (κ2) is 23.7. The lowest BCUT2D eigenvalue weighted by atomic mass is 9.84. The van der Waals surface area contributed by atoms with Crippen LogP contribution in [-0.2, 0) is 36.8 Å². The molecule has 2 aromatic rings. The number of rotatable bonds is 21. The van der Waals surface area contributed by atoms with Crippen LogP contribution in [0.1, 0.15) is 94.6 Å². The molecule has 5 rings (SSSR count). The Morgan fingerprint density at radius 1 is 0.817 bits per heavy atom. The summed E-state index contributed by atoms with van der Waals surface area (Å²) in [6, 6.07) is 15.1. The molecule has 15 heteroatoms. The van der Waals surface area contributed by atoms with E-state index in [1.165, 1.54) is 0 Å². The van der Waals surface area contributed by atoms with Crippen LogP contribution in [0.15, 0.2) is 65.7 Å². The van der Waals surface area contributed by atoms with Gasteiger partial charge in [0.25, 0.3) is 0 Å². The van der Waals surface area contributed by atoms with E-state index >= 15 is 0 Å². The monoisotopic (exact) mass is 829 g/mol. The average molecular weight is 829 g/mol.